The number of hydrogen-bond acceptors (Lipinski definition) is 3. The van der Waals surface area contributed by atoms with Crippen molar-refractivity contribution in [2.75, 3.05) is 0 Å². The van der Waals surface area contributed by atoms with Crippen molar-refractivity contribution in [3.63, 3.8) is 0 Å². The molecule has 3 N–H and O–H groups in total. The summed E-state index contributed by atoms with van der Waals surface area (Å²) in [6.45, 7) is 0. The number of hydrazone groups is 1. The molecule has 10 heavy (non-hydrogen) atoms. The lowest BCUT2D eigenvalue weighted by molar-refractivity contribution is 0.249. The van der Waals surface area contributed by atoms with Gasteiger partial charge in [0.05, 0.1) is 6.07 Å². The molecule has 0 aliphatic carbocycles. The van der Waals surface area contributed by atoms with Gasteiger partial charge in [-0.05, 0) is 6.42 Å². The number of carbonyl (C=O) groups excluding carboxylic acids is 1. The van der Waals surface area contributed by atoms with Crippen molar-refractivity contribution < 1.29 is 4.79 Å². The topological polar surface area (TPSA) is 91.3 Å². The first-order chi connectivity index (χ1) is 4.77. The van der Waals surface area contributed by atoms with Crippen molar-refractivity contribution in [2.45, 2.75) is 12.8 Å². The average molecular weight is 140 g/mol. The molecule has 0 radical (unpaired) electrons. The molecular formula is C5H8N4O. The van der Waals surface area contributed by atoms with Gasteiger partial charge in [-0.25, -0.2) is 10.2 Å². The highest BCUT2D eigenvalue weighted by Crippen LogP contribution is 1.78. The molecule has 54 valence electrons. The fourth-order valence-corrected chi connectivity index (χ4v) is 0.303. The van der Waals surface area contributed by atoms with E-state index in [0.717, 1.165) is 0 Å². The summed E-state index contributed by atoms with van der Waals surface area (Å²) in [7, 11) is 0. The zero-order chi connectivity index (χ0) is 7.82. The third kappa shape index (κ3) is 6.43. The number of carbonyl (C=O) groups is 1. The zero-order valence-corrected chi connectivity index (χ0v) is 5.37. The van der Waals surface area contributed by atoms with Gasteiger partial charge in [-0.3, -0.25) is 0 Å². The second kappa shape index (κ2) is 5.56. The van der Waals surface area contributed by atoms with Crippen LogP contribution in [-0.4, -0.2) is 12.2 Å². The second-order valence-electron chi connectivity index (χ2n) is 1.48. The van der Waals surface area contributed by atoms with Gasteiger partial charge in [0.1, 0.15) is 0 Å². The molecule has 0 aliphatic rings. The maximum atomic E-state index is 9.96. The van der Waals surface area contributed by atoms with E-state index in [1.165, 1.54) is 6.21 Å². The molecule has 0 heterocycles. The number of nitrogens with zero attached hydrogens (tertiary/aromatic N) is 2. The normalized spacial score (nSPS) is 9.10. The average Bonchev–Trinajstić information content (AvgIpc) is 1.87. The Kier molecular flexibility index (Phi) is 4.69. The molecule has 0 aliphatic heterocycles. The van der Waals surface area contributed by atoms with Gasteiger partial charge >= 0.3 is 6.03 Å². The van der Waals surface area contributed by atoms with Crippen LogP contribution in [0.15, 0.2) is 5.10 Å². The quantitative estimate of drug-likeness (QED) is 0.326. The van der Waals surface area contributed by atoms with Gasteiger partial charge in [0.2, 0.25) is 0 Å². The first-order valence-electron chi connectivity index (χ1n) is 2.71. The third-order valence-electron chi connectivity index (χ3n) is 0.651. The van der Waals surface area contributed by atoms with Gasteiger partial charge in [0.15, 0.2) is 0 Å². The van der Waals surface area contributed by atoms with E-state index in [4.69, 9.17) is 5.26 Å². The van der Waals surface area contributed by atoms with Crippen molar-refractivity contribution in [1.82, 2.24) is 5.43 Å². The van der Waals surface area contributed by atoms with Crippen LogP contribution in [0.25, 0.3) is 0 Å². The summed E-state index contributed by atoms with van der Waals surface area (Å²) < 4.78 is 0. The molecule has 0 fully saturated rings. The van der Waals surface area contributed by atoms with E-state index in [9.17, 15) is 4.79 Å². The SMILES string of the molecule is N#CCCC=NNC(N)=O. The maximum absolute atomic E-state index is 9.96. The first-order valence-corrected chi connectivity index (χ1v) is 2.71. The fourth-order valence-electron chi connectivity index (χ4n) is 0.303. The number of nitrogens with one attached hydrogen (secondary N) is 1. The van der Waals surface area contributed by atoms with Crippen LogP contribution in [0.2, 0.25) is 0 Å². The minimum Gasteiger partial charge on any atom is -0.350 e. The lowest BCUT2D eigenvalue weighted by atomic mass is 10.4. The van der Waals surface area contributed by atoms with E-state index in [-0.39, 0.29) is 0 Å². The molecule has 0 bridgehead atoms. The molecule has 0 spiro atoms. The maximum Gasteiger partial charge on any atom is 0.332 e. The minimum absolute atomic E-state index is 0.393. The predicted octanol–water partition coefficient (Wildman–Crippen LogP) is -0.0557. The van der Waals surface area contributed by atoms with Crippen LogP contribution in [-0.2, 0) is 0 Å². The van der Waals surface area contributed by atoms with Gasteiger partial charge in [-0.15, -0.1) is 0 Å². The second-order valence-corrected chi connectivity index (χ2v) is 1.48. The van der Waals surface area contributed by atoms with E-state index in [1.807, 2.05) is 11.5 Å². The van der Waals surface area contributed by atoms with Gasteiger partial charge in [0, 0.05) is 12.6 Å². The standard InChI is InChI=1S/C5H8N4O/c6-3-1-2-4-8-9-5(7)10/h4H,1-2H2,(H3,7,9,10). The number of rotatable bonds is 3. The number of hydrogen-bond donors (Lipinski definition) is 2. The molecule has 0 saturated heterocycles. The fraction of sp³-hybridized carbons (Fsp3) is 0.400. The van der Waals surface area contributed by atoms with Crippen LogP contribution in [0.1, 0.15) is 12.8 Å². The smallest absolute Gasteiger partial charge is 0.332 e. The van der Waals surface area contributed by atoms with Crippen molar-refractivity contribution >= 4 is 12.2 Å². The number of unbranched alkanes of at least 4 members (excludes halogenated alkanes) is 1. The molecule has 0 atom stereocenters. The summed E-state index contributed by atoms with van der Waals surface area (Å²) in [4.78, 5) is 9.96. The number of primary amides is 1. The highest BCUT2D eigenvalue weighted by Gasteiger charge is 1.82. The van der Waals surface area contributed by atoms with Gasteiger partial charge in [-0.1, -0.05) is 0 Å². The summed E-state index contributed by atoms with van der Waals surface area (Å²) in [5.41, 5.74) is 6.68. The van der Waals surface area contributed by atoms with Crippen molar-refractivity contribution in [3.8, 4) is 6.07 Å². The van der Waals surface area contributed by atoms with E-state index in [0.29, 0.717) is 12.8 Å². The predicted molar refractivity (Wildman–Crippen MR) is 36.1 cm³/mol. The van der Waals surface area contributed by atoms with Gasteiger partial charge < -0.3 is 5.73 Å². The summed E-state index contributed by atoms with van der Waals surface area (Å²) in [5.74, 6) is 0. The summed E-state index contributed by atoms with van der Waals surface area (Å²) in [6.07, 6.45) is 2.34. The Morgan fingerprint density at radius 2 is 2.60 bits per heavy atom. The minimum atomic E-state index is -0.701. The Morgan fingerprint density at radius 3 is 3.10 bits per heavy atom. The van der Waals surface area contributed by atoms with Crippen molar-refractivity contribution in [2.24, 2.45) is 10.8 Å². The molecule has 5 heteroatoms. The number of nitrogens with two attached hydrogens (primary N) is 1. The Morgan fingerprint density at radius 1 is 1.90 bits per heavy atom. The van der Waals surface area contributed by atoms with Crippen molar-refractivity contribution in [1.29, 1.82) is 5.26 Å². The van der Waals surface area contributed by atoms with E-state index < -0.39 is 6.03 Å². The molecule has 2 amide bonds. The molecule has 0 rings (SSSR count). The van der Waals surface area contributed by atoms with Crippen LogP contribution in [0.5, 0.6) is 0 Å². The summed E-state index contributed by atoms with van der Waals surface area (Å²) in [5, 5.41) is 11.5. The summed E-state index contributed by atoms with van der Waals surface area (Å²) in [6, 6.07) is 1.22. The van der Waals surface area contributed by atoms with Crippen LogP contribution >= 0.6 is 0 Å². The largest absolute Gasteiger partial charge is 0.350 e. The number of nitriles is 1. The van der Waals surface area contributed by atoms with E-state index in [2.05, 4.69) is 10.8 Å². The molecule has 0 unspecified atom stereocenters. The summed E-state index contributed by atoms with van der Waals surface area (Å²) >= 11 is 0. The van der Waals surface area contributed by atoms with Crippen LogP contribution in [0.3, 0.4) is 0 Å². The number of amides is 2. The van der Waals surface area contributed by atoms with Crippen LogP contribution in [0.4, 0.5) is 4.79 Å². The molecule has 0 saturated carbocycles. The molecule has 0 aromatic heterocycles. The Balaban J connectivity index is 3.22. The Bertz CT molecular complexity index is 169. The monoisotopic (exact) mass is 140 g/mol. The molecule has 5 nitrogen and oxygen atoms in total. The third-order valence-corrected chi connectivity index (χ3v) is 0.651. The van der Waals surface area contributed by atoms with E-state index >= 15 is 0 Å². The lowest BCUT2D eigenvalue weighted by Gasteiger charge is -1.87. The Hall–Kier alpha value is -1.57. The zero-order valence-electron chi connectivity index (χ0n) is 5.37. The van der Waals surface area contributed by atoms with E-state index in [1.54, 1.807) is 0 Å². The molecular weight excluding hydrogens is 132 g/mol. The van der Waals surface area contributed by atoms with Crippen LogP contribution < -0.4 is 11.2 Å². The van der Waals surface area contributed by atoms with Crippen LogP contribution in [0, 0.1) is 11.3 Å². The van der Waals surface area contributed by atoms with Gasteiger partial charge in [-0.2, -0.15) is 10.4 Å². The molecule has 0 aromatic carbocycles. The lowest BCUT2D eigenvalue weighted by Crippen LogP contribution is -2.24. The highest BCUT2D eigenvalue weighted by atomic mass is 16.2. The highest BCUT2D eigenvalue weighted by molar-refractivity contribution is 5.72. The molecule has 0 aromatic rings. The number of urea groups is 1. The van der Waals surface area contributed by atoms with Gasteiger partial charge in [0.25, 0.3) is 0 Å². The van der Waals surface area contributed by atoms with Crippen molar-refractivity contribution in [3.05, 3.63) is 0 Å². The Labute approximate surface area is 58.5 Å². The first kappa shape index (κ1) is 8.43.